The summed E-state index contributed by atoms with van der Waals surface area (Å²) in [6.45, 7) is 4.23. The number of nitrogens with two attached hydrogens (primary N) is 1. The minimum Gasteiger partial charge on any atom is -0.461 e. The number of nitrogens with zero attached hydrogens (tertiary/aromatic N) is 2. The second-order valence-electron chi connectivity index (χ2n) is 6.70. The van der Waals surface area contributed by atoms with Gasteiger partial charge < -0.3 is 14.7 Å². The van der Waals surface area contributed by atoms with Gasteiger partial charge in [0.15, 0.2) is 5.76 Å². The van der Waals surface area contributed by atoms with Crippen LogP contribution in [0, 0.1) is 0 Å². The van der Waals surface area contributed by atoms with Crippen molar-refractivity contribution in [2.24, 2.45) is 5.73 Å². The molecule has 1 atom stereocenters. The van der Waals surface area contributed by atoms with Crippen molar-refractivity contribution in [2.75, 3.05) is 0 Å². The van der Waals surface area contributed by atoms with Gasteiger partial charge in [0.25, 0.3) is 5.89 Å². The Hall–Kier alpha value is -2.40. The van der Waals surface area contributed by atoms with Crippen LogP contribution >= 0.6 is 0 Å². The van der Waals surface area contributed by atoms with Crippen LogP contribution in [0.4, 0.5) is 0 Å². The van der Waals surface area contributed by atoms with Crippen molar-refractivity contribution >= 4 is 0 Å². The molecule has 0 saturated carbocycles. The van der Waals surface area contributed by atoms with Crippen LogP contribution in [0.15, 0.2) is 39.5 Å². The normalized spacial score (nSPS) is 17.2. The average molecular weight is 323 g/mol. The van der Waals surface area contributed by atoms with Gasteiger partial charge in [0.05, 0.1) is 6.26 Å². The molecule has 24 heavy (non-hydrogen) atoms. The van der Waals surface area contributed by atoms with E-state index in [1.807, 2.05) is 12.1 Å². The third-order valence-electron chi connectivity index (χ3n) is 4.70. The molecule has 4 rings (SSSR count). The highest BCUT2D eigenvalue weighted by molar-refractivity contribution is 5.60. The Morgan fingerprint density at radius 2 is 2.12 bits per heavy atom. The first kappa shape index (κ1) is 15.1. The van der Waals surface area contributed by atoms with Crippen molar-refractivity contribution in [1.82, 2.24) is 10.1 Å². The van der Waals surface area contributed by atoms with Crippen LogP contribution in [0.25, 0.3) is 23.0 Å². The van der Waals surface area contributed by atoms with E-state index in [9.17, 15) is 0 Å². The van der Waals surface area contributed by atoms with Crippen LogP contribution in [0.3, 0.4) is 0 Å². The number of aromatic nitrogens is 2. The van der Waals surface area contributed by atoms with Gasteiger partial charge in [-0.2, -0.15) is 4.98 Å². The Bertz CT molecular complexity index is 863. The molecule has 0 bridgehead atoms. The molecule has 5 nitrogen and oxygen atoms in total. The molecule has 1 aliphatic rings. The predicted octanol–water partition coefficient (Wildman–Crippen LogP) is 4.46. The maximum absolute atomic E-state index is 6.18. The van der Waals surface area contributed by atoms with Gasteiger partial charge in [-0.15, -0.1) is 0 Å². The quantitative estimate of drug-likeness (QED) is 0.770. The number of hydrogen-bond acceptors (Lipinski definition) is 5. The summed E-state index contributed by atoms with van der Waals surface area (Å²) in [5, 5.41) is 4.10. The number of rotatable bonds is 3. The Morgan fingerprint density at radius 1 is 1.25 bits per heavy atom. The van der Waals surface area contributed by atoms with E-state index in [2.05, 4.69) is 36.1 Å². The molecule has 1 aromatic carbocycles. The van der Waals surface area contributed by atoms with Gasteiger partial charge in [0.1, 0.15) is 0 Å². The standard InChI is InChI=1S/C19H21N3O2/c1-11(2)14-8-9-23-17(14)18-21-19(24-22-18)13-6-7-15-12(10-13)4-3-5-16(15)20/h6-11,16H,3-5,20H2,1-2H3. The molecule has 1 unspecified atom stereocenters. The molecule has 0 saturated heterocycles. The van der Waals surface area contributed by atoms with E-state index in [-0.39, 0.29) is 6.04 Å². The van der Waals surface area contributed by atoms with E-state index in [1.54, 1.807) is 6.26 Å². The van der Waals surface area contributed by atoms with E-state index >= 15 is 0 Å². The van der Waals surface area contributed by atoms with Crippen LogP contribution in [-0.4, -0.2) is 10.1 Å². The second-order valence-corrected chi connectivity index (χ2v) is 6.70. The van der Waals surface area contributed by atoms with Crippen LogP contribution in [-0.2, 0) is 6.42 Å². The summed E-state index contributed by atoms with van der Waals surface area (Å²) in [5.41, 5.74) is 10.7. The first-order valence-corrected chi connectivity index (χ1v) is 8.43. The predicted molar refractivity (Wildman–Crippen MR) is 91.4 cm³/mol. The lowest BCUT2D eigenvalue weighted by molar-refractivity contribution is 0.429. The molecule has 2 aromatic heterocycles. The maximum atomic E-state index is 6.18. The van der Waals surface area contributed by atoms with Crippen molar-refractivity contribution in [3.05, 3.63) is 47.2 Å². The monoisotopic (exact) mass is 323 g/mol. The fourth-order valence-corrected chi connectivity index (χ4v) is 3.37. The van der Waals surface area contributed by atoms with Gasteiger partial charge in [-0.05, 0) is 54.5 Å². The molecule has 2 heterocycles. The molecular formula is C19H21N3O2. The van der Waals surface area contributed by atoms with Gasteiger partial charge in [0.2, 0.25) is 5.82 Å². The maximum Gasteiger partial charge on any atom is 0.258 e. The van der Waals surface area contributed by atoms with Gasteiger partial charge in [-0.3, -0.25) is 0 Å². The zero-order valence-corrected chi connectivity index (χ0v) is 14.0. The summed E-state index contributed by atoms with van der Waals surface area (Å²) in [4.78, 5) is 4.53. The molecule has 5 heteroatoms. The highest BCUT2D eigenvalue weighted by Crippen LogP contribution is 2.33. The van der Waals surface area contributed by atoms with Crippen LogP contribution in [0.5, 0.6) is 0 Å². The molecule has 2 N–H and O–H groups in total. The van der Waals surface area contributed by atoms with Crippen molar-refractivity contribution in [3.8, 4) is 23.0 Å². The second kappa shape index (κ2) is 5.91. The van der Waals surface area contributed by atoms with Gasteiger partial charge in [0, 0.05) is 17.2 Å². The number of hydrogen-bond donors (Lipinski definition) is 1. The van der Waals surface area contributed by atoms with E-state index < -0.39 is 0 Å². The number of fused-ring (bicyclic) bond motifs is 1. The molecule has 3 aromatic rings. The summed E-state index contributed by atoms with van der Waals surface area (Å²) in [6, 6.07) is 8.31. The van der Waals surface area contributed by atoms with Crippen molar-refractivity contribution < 1.29 is 8.94 Å². The lowest BCUT2D eigenvalue weighted by Gasteiger charge is -2.22. The van der Waals surface area contributed by atoms with E-state index in [4.69, 9.17) is 14.7 Å². The van der Waals surface area contributed by atoms with E-state index in [0.717, 1.165) is 30.4 Å². The number of furan rings is 1. The van der Waals surface area contributed by atoms with Crippen molar-refractivity contribution in [2.45, 2.75) is 45.1 Å². The Morgan fingerprint density at radius 3 is 2.96 bits per heavy atom. The summed E-state index contributed by atoms with van der Waals surface area (Å²) < 4.78 is 11.0. The smallest absolute Gasteiger partial charge is 0.258 e. The third kappa shape index (κ3) is 2.55. The first-order valence-electron chi connectivity index (χ1n) is 8.43. The van der Waals surface area contributed by atoms with Crippen LogP contribution in [0.2, 0.25) is 0 Å². The number of aryl methyl sites for hydroxylation is 1. The zero-order valence-electron chi connectivity index (χ0n) is 14.0. The van der Waals surface area contributed by atoms with Crippen LogP contribution < -0.4 is 5.73 Å². The Kier molecular flexibility index (Phi) is 3.73. The Balaban J connectivity index is 1.69. The fraction of sp³-hybridized carbons (Fsp3) is 0.368. The van der Waals surface area contributed by atoms with Crippen LogP contribution in [0.1, 0.15) is 55.3 Å². The fourth-order valence-electron chi connectivity index (χ4n) is 3.37. The largest absolute Gasteiger partial charge is 0.461 e. The summed E-state index contributed by atoms with van der Waals surface area (Å²) in [6.07, 6.45) is 4.89. The molecule has 0 amide bonds. The minimum absolute atomic E-state index is 0.137. The van der Waals surface area contributed by atoms with Gasteiger partial charge in [-0.25, -0.2) is 0 Å². The van der Waals surface area contributed by atoms with Crippen molar-refractivity contribution in [1.29, 1.82) is 0 Å². The van der Waals surface area contributed by atoms with Gasteiger partial charge >= 0.3 is 0 Å². The molecule has 0 aliphatic heterocycles. The van der Waals surface area contributed by atoms with Crippen molar-refractivity contribution in [3.63, 3.8) is 0 Å². The zero-order chi connectivity index (χ0) is 16.7. The lowest BCUT2D eigenvalue weighted by atomic mass is 9.87. The highest BCUT2D eigenvalue weighted by atomic mass is 16.5. The minimum atomic E-state index is 0.137. The summed E-state index contributed by atoms with van der Waals surface area (Å²) in [5.74, 6) is 2.03. The molecule has 0 fully saturated rings. The molecule has 0 spiro atoms. The molecule has 1 aliphatic carbocycles. The molecular weight excluding hydrogens is 302 g/mol. The van der Waals surface area contributed by atoms with E-state index in [1.165, 1.54) is 11.1 Å². The SMILES string of the molecule is CC(C)c1ccoc1-c1noc(-c2ccc3c(c2)CCCC3N)n1. The third-order valence-corrected chi connectivity index (χ3v) is 4.70. The van der Waals surface area contributed by atoms with Gasteiger partial charge in [-0.1, -0.05) is 25.1 Å². The summed E-state index contributed by atoms with van der Waals surface area (Å²) >= 11 is 0. The topological polar surface area (TPSA) is 78.1 Å². The lowest BCUT2D eigenvalue weighted by Crippen LogP contribution is -2.17. The number of benzene rings is 1. The molecule has 124 valence electrons. The highest BCUT2D eigenvalue weighted by Gasteiger charge is 2.21. The first-order chi connectivity index (χ1) is 11.6. The summed E-state index contributed by atoms with van der Waals surface area (Å²) in [7, 11) is 0. The Labute approximate surface area is 140 Å². The molecule has 0 radical (unpaired) electrons. The van der Waals surface area contributed by atoms with E-state index in [0.29, 0.717) is 23.4 Å². The average Bonchev–Trinajstić information content (AvgIpc) is 3.24.